The number of ketones is 1. The van der Waals surface area contributed by atoms with Crippen molar-refractivity contribution in [3.05, 3.63) is 48.5 Å². The molecule has 5 nitrogen and oxygen atoms in total. The maximum atomic E-state index is 13.2. The monoisotopic (exact) mass is 394 g/mol. The summed E-state index contributed by atoms with van der Waals surface area (Å²) in [6, 6.07) is 8.27. The summed E-state index contributed by atoms with van der Waals surface area (Å²) < 4.78 is 15.0. The van der Waals surface area contributed by atoms with Gasteiger partial charge in [0.2, 0.25) is 0 Å². The number of halogens is 1. The van der Waals surface area contributed by atoms with Crippen LogP contribution in [-0.4, -0.2) is 51.3 Å². The van der Waals surface area contributed by atoms with Crippen LogP contribution >= 0.6 is 0 Å². The van der Waals surface area contributed by atoms with Gasteiger partial charge in [-0.25, -0.2) is 4.39 Å². The molecule has 1 unspecified atom stereocenters. The van der Waals surface area contributed by atoms with Gasteiger partial charge in [0.15, 0.2) is 0 Å². The molecule has 1 saturated heterocycles. The molecule has 1 aliphatic rings. The van der Waals surface area contributed by atoms with Crippen molar-refractivity contribution in [3.8, 4) is 11.1 Å². The third-order valence-electron chi connectivity index (χ3n) is 5.72. The number of fused-ring (bicyclic) bond motifs is 1. The number of aryl methyl sites for hydroxylation is 1. The molecule has 2 aromatic heterocycles. The van der Waals surface area contributed by atoms with Crippen molar-refractivity contribution < 1.29 is 9.18 Å². The van der Waals surface area contributed by atoms with Crippen molar-refractivity contribution in [1.82, 2.24) is 19.7 Å². The van der Waals surface area contributed by atoms with Crippen LogP contribution in [0.4, 0.5) is 4.39 Å². The molecule has 0 saturated carbocycles. The largest absolute Gasteiger partial charge is 0.300 e. The third-order valence-corrected chi connectivity index (χ3v) is 5.72. The molecule has 3 heterocycles. The Labute approximate surface area is 170 Å². The highest BCUT2D eigenvalue weighted by Gasteiger charge is 2.25. The maximum Gasteiger partial charge on any atom is 0.142 e. The third kappa shape index (κ3) is 4.70. The molecule has 1 aliphatic heterocycles. The van der Waals surface area contributed by atoms with Gasteiger partial charge in [0.1, 0.15) is 12.0 Å². The average Bonchev–Trinajstić information content (AvgIpc) is 3.14. The quantitative estimate of drug-likeness (QED) is 0.638. The fraction of sp³-hybridized carbons (Fsp3) is 0.435. The van der Waals surface area contributed by atoms with E-state index >= 15 is 0 Å². The summed E-state index contributed by atoms with van der Waals surface area (Å²) in [6.07, 6.45) is 6.84. The molecule has 0 radical (unpaired) electrons. The van der Waals surface area contributed by atoms with Crippen LogP contribution in [0, 0.1) is 5.92 Å². The molecule has 4 rings (SSSR count). The molecule has 1 atom stereocenters. The van der Waals surface area contributed by atoms with Crippen LogP contribution in [0.5, 0.6) is 0 Å². The van der Waals surface area contributed by atoms with Crippen molar-refractivity contribution in [2.45, 2.75) is 32.4 Å². The fourth-order valence-corrected chi connectivity index (χ4v) is 4.15. The Morgan fingerprint density at radius 3 is 2.66 bits per heavy atom. The number of likely N-dealkylation sites (tertiary alicyclic amines) is 1. The van der Waals surface area contributed by atoms with Crippen LogP contribution in [0.25, 0.3) is 21.9 Å². The van der Waals surface area contributed by atoms with Crippen LogP contribution in [0.1, 0.15) is 25.5 Å². The van der Waals surface area contributed by atoms with Gasteiger partial charge >= 0.3 is 0 Å². The molecule has 0 bridgehead atoms. The summed E-state index contributed by atoms with van der Waals surface area (Å²) in [4.78, 5) is 19.4. The van der Waals surface area contributed by atoms with Gasteiger partial charge in [0.25, 0.3) is 0 Å². The number of alkyl halides is 1. The fourth-order valence-electron chi connectivity index (χ4n) is 4.15. The maximum absolute atomic E-state index is 13.2. The number of piperidine rings is 1. The second-order valence-corrected chi connectivity index (χ2v) is 8.14. The Balaban J connectivity index is 1.44. The van der Waals surface area contributed by atoms with E-state index in [0.717, 1.165) is 53.5 Å². The molecule has 29 heavy (non-hydrogen) atoms. The Bertz CT molecular complexity index is 1010. The number of pyridine rings is 1. The van der Waals surface area contributed by atoms with E-state index in [-0.39, 0.29) is 11.7 Å². The zero-order valence-corrected chi connectivity index (χ0v) is 17.0. The Kier molecular flexibility index (Phi) is 5.72. The minimum atomic E-state index is -0.819. The summed E-state index contributed by atoms with van der Waals surface area (Å²) in [7, 11) is 1.90. The van der Waals surface area contributed by atoms with Crippen LogP contribution in [0.3, 0.4) is 0 Å². The summed E-state index contributed by atoms with van der Waals surface area (Å²) in [5.74, 6) is 0.300. The lowest BCUT2D eigenvalue weighted by Gasteiger charge is -2.31. The van der Waals surface area contributed by atoms with E-state index in [1.54, 1.807) is 11.6 Å². The first-order chi connectivity index (χ1) is 14.0. The number of nitrogens with zero attached hydrogens (tertiary/aromatic N) is 4. The number of hydrogen-bond donors (Lipinski definition) is 0. The van der Waals surface area contributed by atoms with Crippen LogP contribution < -0.4 is 0 Å². The molecule has 3 aromatic rings. The first kappa shape index (κ1) is 19.7. The molecule has 6 heteroatoms. The lowest BCUT2D eigenvalue weighted by atomic mass is 9.90. The minimum Gasteiger partial charge on any atom is -0.300 e. The summed E-state index contributed by atoms with van der Waals surface area (Å²) >= 11 is 0. The lowest BCUT2D eigenvalue weighted by molar-refractivity contribution is -0.123. The molecule has 1 fully saturated rings. The summed E-state index contributed by atoms with van der Waals surface area (Å²) in [5.41, 5.74) is 2.98. The van der Waals surface area contributed by atoms with Crippen LogP contribution in [0.2, 0.25) is 0 Å². The van der Waals surface area contributed by atoms with Gasteiger partial charge in [-0.05, 0) is 55.9 Å². The van der Waals surface area contributed by atoms with Crippen molar-refractivity contribution >= 4 is 16.6 Å². The van der Waals surface area contributed by atoms with Crippen molar-refractivity contribution in [2.24, 2.45) is 13.0 Å². The SMILES string of the molecule is CC(F)CN1CCC(C(=O)Cc2cc3cc(-c4cnn(C)c4)ccc3cn2)CC1. The van der Waals surface area contributed by atoms with Gasteiger partial charge < -0.3 is 4.90 Å². The standard InChI is InChI=1S/C23H27FN4O/c1-16(24)14-28-7-5-17(6-8-28)23(29)11-22-10-20-9-18(3-4-19(20)12-25-22)21-13-26-27(2)15-21/h3-4,9-10,12-13,15-17H,5-8,11,14H2,1-2H3. The lowest BCUT2D eigenvalue weighted by Crippen LogP contribution is -2.39. The number of aromatic nitrogens is 3. The van der Waals surface area contributed by atoms with E-state index in [2.05, 4.69) is 33.2 Å². The van der Waals surface area contributed by atoms with Gasteiger partial charge in [-0.1, -0.05) is 12.1 Å². The Morgan fingerprint density at radius 1 is 1.17 bits per heavy atom. The number of Topliss-reactive ketones (excluding diaryl/α,β-unsaturated/α-hetero) is 1. The van der Waals surface area contributed by atoms with Crippen molar-refractivity contribution in [3.63, 3.8) is 0 Å². The smallest absolute Gasteiger partial charge is 0.142 e. The minimum absolute atomic E-state index is 0.0559. The topological polar surface area (TPSA) is 51.0 Å². The van der Waals surface area contributed by atoms with Gasteiger partial charge in [-0.15, -0.1) is 0 Å². The zero-order valence-electron chi connectivity index (χ0n) is 17.0. The van der Waals surface area contributed by atoms with Gasteiger partial charge in [-0.2, -0.15) is 5.10 Å². The number of benzene rings is 1. The van der Waals surface area contributed by atoms with Crippen LogP contribution in [0.15, 0.2) is 42.9 Å². The molecular formula is C23H27FN4O. The van der Waals surface area contributed by atoms with Crippen molar-refractivity contribution in [2.75, 3.05) is 19.6 Å². The zero-order chi connectivity index (χ0) is 20.4. The molecular weight excluding hydrogens is 367 g/mol. The highest BCUT2D eigenvalue weighted by Crippen LogP contribution is 2.25. The second kappa shape index (κ2) is 8.41. The number of rotatable bonds is 6. The van der Waals surface area contributed by atoms with E-state index in [1.807, 2.05) is 31.7 Å². The molecule has 1 aromatic carbocycles. The van der Waals surface area contributed by atoms with E-state index in [9.17, 15) is 9.18 Å². The van der Waals surface area contributed by atoms with Crippen LogP contribution in [-0.2, 0) is 18.3 Å². The molecule has 0 N–H and O–H groups in total. The molecule has 0 spiro atoms. The predicted molar refractivity (Wildman–Crippen MR) is 112 cm³/mol. The molecule has 0 aliphatic carbocycles. The normalized spacial score (nSPS) is 16.9. The Hall–Kier alpha value is -2.60. The summed E-state index contributed by atoms with van der Waals surface area (Å²) in [6.45, 7) is 3.64. The highest BCUT2D eigenvalue weighted by atomic mass is 19.1. The summed E-state index contributed by atoms with van der Waals surface area (Å²) in [5, 5.41) is 6.38. The predicted octanol–water partition coefficient (Wildman–Crippen LogP) is 3.82. The van der Waals surface area contributed by atoms with Gasteiger partial charge in [0.05, 0.1) is 6.20 Å². The highest BCUT2D eigenvalue weighted by molar-refractivity contribution is 5.88. The van der Waals surface area contributed by atoms with E-state index in [4.69, 9.17) is 0 Å². The Morgan fingerprint density at radius 2 is 1.97 bits per heavy atom. The van der Waals surface area contributed by atoms with E-state index < -0.39 is 6.17 Å². The average molecular weight is 394 g/mol. The first-order valence-electron chi connectivity index (χ1n) is 10.2. The van der Waals surface area contributed by atoms with Crippen molar-refractivity contribution in [1.29, 1.82) is 0 Å². The van der Waals surface area contributed by atoms with E-state index in [0.29, 0.717) is 13.0 Å². The number of carbonyl (C=O) groups is 1. The second-order valence-electron chi connectivity index (χ2n) is 8.14. The van der Waals surface area contributed by atoms with Gasteiger partial charge in [0, 0.05) is 55.0 Å². The number of hydrogen-bond acceptors (Lipinski definition) is 4. The first-order valence-corrected chi connectivity index (χ1v) is 10.2. The number of carbonyl (C=O) groups excluding carboxylic acids is 1. The van der Waals surface area contributed by atoms with Gasteiger partial charge in [-0.3, -0.25) is 14.5 Å². The van der Waals surface area contributed by atoms with E-state index in [1.165, 1.54) is 0 Å². The molecule has 152 valence electrons. The molecule has 0 amide bonds.